The fraction of sp³-hybridized carbons (Fsp3) is 0.444. The molecule has 1 aromatic heterocycles. The van der Waals surface area contributed by atoms with Crippen LogP contribution in [0.2, 0.25) is 0 Å². The summed E-state index contributed by atoms with van der Waals surface area (Å²) in [6.07, 6.45) is 0. The second-order valence-corrected chi connectivity index (χ2v) is 4.22. The standard InChI is InChI=1S/C9H11NO2S/c1-9(7-3-2-4-13-7)6-10-8(11)5-12-9/h2-4H,5-6H2,1H3,(H,10,11). The minimum atomic E-state index is -0.331. The van der Waals surface area contributed by atoms with Crippen molar-refractivity contribution >= 4 is 17.2 Å². The number of nitrogens with one attached hydrogen (secondary N) is 1. The van der Waals surface area contributed by atoms with Gasteiger partial charge in [-0.25, -0.2) is 0 Å². The maximum absolute atomic E-state index is 10.9. The summed E-state index contributed by atoms with van der Waals surface area (Å²) in [5.41, 5.74) is -0.331. The topological polar surface area (TPSA) is 38.3 Å². The summed E-state index contributed by atoms with van der Waals surface area (Å²) in [7, 11) is 0. The van der Waals surface area contributed by atoms with Gasteiger partial charge < -0.3 is 10.1 Å². The second-order valence-electron chi connectivity index (χ2n) is 3.27. The van der Waals surface area contributed by atoms with Crippen molar-refractivity contribution in [1.82, 2.24) is 5.32 Å². The van der Waals surface area contributed by atoms with Gasteiger partial charge in [-0.15, -0.1) is 11.3 Å². The molecule has 70 valence electrons. The van der Waals surface area contributed by atoms with Gasteiger partial charge in [0.15, 0.2) is 0 Å². The van der Waals surface area contributed by atoms with Crippen LogP contribution in [0.3, 0.4) is 0 Å². The minimum absolute atomic E-state index is 0.0333. The average molecular weight is 197 g/mol. The predicted molar refractivity (Wildman–Crippen MR) is 50.6 cm³/mol. The van der Waals surface area contributed by atoms with Crippen LogP contribution in [0.15, 0.2) is 17.5 Å². The van der Waals surface area contributed by atoms with Crippen molar-refractivity contribution in [2.24, 2.45) is 0 Å². The highest BCUT2D eigenvalue weighted by Gasteiger charge is 2.33. The average Bonchev–Trinajstić information content (AvgIpc) is 2.63. The number of carbonyl (C=O) groups excluding carboxylic acids is 1. The van der Waals surface area contributed by atoms with Gasteiger partial charge in [-0.05, 0) is 18.4 Å². The van der Waals surface area contributed by atoms with E-state index in [9.17, 15) is 4.79 Å². The van der Waals surface area contributed by atoms with Crippen molar-refractivity contribution in [2.45, 2.75) is 12.5 Å². The van der Waals surface area contributed by atoms with Crippen molar-refractivity contribution < 1.29 is 9.53 Å². The van der Waals surface area contributed by atoms with Crippen LogP contribution in [0.5, 0.6) is 0 Å². The Morgan fingerprint density at radius 3 is 3.08 bits per heavy atom. The molecule has 0 radical (unpaired) electrons. The molecule has 1 amide bonds. The molecule has 1 aliphatic heterocycles. The summed E-state index contributed by atoms with van der Waals surface area (Å²) in [5, 5.41) is 4.82. The van der Waals surface area contributed by atoms with E-state index in [2.05, 4.69) is 5.32 Å². The molecule has 1 saturated heterocycles. The molecule has 0 bridgehead atoms. The van der Waals surface area contributed by atoms with Gasteiger partial charge in [0.05, 0.1) is 6.54 Å². The van der Waals surface area contributed by atoms with Crippen LogP contribution >= 0.6 is 11.3 Å². The highest BCUT2D eigenvalue weighted by molar-refractivity contribution is 7.10. The fourth-order valence-electron chi connectivity index (χ4n) is 1.33. The first-order valence-corrected chi connectivity index (χ1v) is 5.03. The third-order valence-corrected chi connectivity index (χ3v) is 3.30. The normalized spacial score (nSPS) is 28.5. The number of morpholine rings is 1. The van der Waals surface area contributed by atoms with Crippen molar-refractivity contribution in [3.63, 3.8) is 0 Å². The van der Waals surface area contributed by atoms with Crippen molar-refractivity contribution in [2.75, 3.05) is 13.2 Å². The zero-order valence-electron chi connectivity index (χ0n) is 7.37. The summed E-state index contributed by atoms with van der Waals surface area (Å²) in [5.74, 6) is -0.0333. The molecule has 0 spiro atoms. The predicted octanol–water partition coefficient (Wildman–Crippen LogP) is 1.11. The third-order valence-electron chi connectivity index (χ3n) is 2.19. The Kier molecular flexibility index (Phi) is 2.09. The molecule has 1 atom stereocenters. The lowest BCUT2D eigenvalue weighted by atomic mass is 10.0. The first kappa shape index (κ1) is 8.72. The van der Waals surface area contributed by atoms with Gasteiger partial charge in [0.2, 0.25) is 5.91 Å². The Bertz CT molecular complexity index is 297. The smallest absolute Gasteiger partial charge is 0.246 e. The highest BCUT2D eigenvalue weighted by Crippen LogP contribution is 2.29. The Hall–Kier alpha value is -0.870. The van der Waals surface area contributed by atoms with Gasteiger partial charge in [0.1, 0.15) is 12.2 Å². The van der Waals surface area contributed by atoms with Crippen LogP contribution in [0.1, 0.15) is 11.8 Å². The number of thiophene rings is 1. The molecule has 0 saturated carbocycles. The van der Waals surface area contributed by atoms with Crippen molar-refractivity contribution in [1.29, 1.82) is 0 Å². The van der Waals surface area contributed by atoms with E-state index in [0.717, 1.165) is 4.88 Å². The molecule has 0 aliphatic carbocycles. The van der Waals surface area contributed by atoms with Crippen LogP contribution in [0, 0.1) is 0 Å². The van der Waals surface area contributed by atoms with E-state index in [4.69, 9.17) is 4.74 Å². The van der Waals surface area contributed by atoms with E-state index >= 15 is 0 Å². The lowest BCUT2D eigenvalue weighted by Gasteiger charge is -2.32. The van der Waals surface area contributed by atoms with Crippen LogP contribution in [-0.2, 0) is 15.1 Å². The zero-order chi connectivity index (χ0) is 9.31. The number of carbonyl (C=O) groups is 1. The molecular formula is C9H11NO2S. The molecule has 1 aromatic rings. The molecule has 1 aliphatic rings. The molecular weight excluding hydrogens is 186 g/mol. The van der Waals surface area contributed by atoms with E-state index in [-0.39, 0.29) is 18.1 Å². The lowest BCUT2D eigenvalue weighted by Crippen LogP contribution is -2.48. The van der Waals surface area contributed by atoms with Gasteiger partial charge in [-0.2, -0.15) is 0 Å². The number of ether oxygens (including phenoxy) is 1. The second kappa shape index (κ2) is 3.12. The van der Waals surface area contributed by atoms with Crippen LogP contribution in [-0.4, -0.2) is 19.1 Å². The Morgan fingerprint density at radius 1 is 1.69 bits per heavy atom. The summed E-state index contributed by atoms with van der Waals surface area (Å²) < 4.78 is 5.52. The summed E-state index contributed by atoms with van der Waals surface area (Å²) in [6.45, 7) is 2.72. The molecule has 4 heteroatoms. The molecule has 0 aromatic carbocycles. The highest BCUT2D eigenvalue weighted by atomic mass is 32.1. The first-order valence-electron chi connectivity index (χ1n) is 4.15. The van der Waals surface area contributed by atoms with E-state index in [1.54, 1.807) is 11.3 Å². The number of amides is 1. The largest absolute Gasteiger partial charge is 0.358 e. The van der Waals surface area contributed by atoms with Gasteiger partial charge in [0.25, 0.3) is 0 Å². The number of rotatable bonds is 1. The zero-order valence-corrected chi connectivity index (χ0v) is 8.19. The van der Waals surface area contributed by atoms with Gasteiger partial charge >= 0.3 is 0 Å². The number of hydrogen-bond acceptors (Lipinski definition) is 3. The monoisotopic (exact) mass is 197 g/mol. The van der Waals surface area contributed by atoms with Crippen LogP contribution in [0.4, 0.5) is 0 Å². The SMILES string of the molecule is CC1(c2cccs2)CNC(=O)CO1. The van der Waals surface area contributed by atoms with E-state index in [1.165, 1.54) is 0 Å². The summed E-state index contributed by atoms with van der Waals surface area (Å²) in [4.78, 5) is 12.0. The molecule has 3 nitrogen and oxygen atoms in total. The third kappa shape index (κ3) is 1.59. The number of hydrogen-bond donors (Lipinski definition) is 1. The molecule has 1 unspecified atom stereocenters. The van der Waals surface area contributed by atoms with E-state index in [0.29, 0.717) is 6.54 Å². The molecule has 2 rings (SSSR count). The molecule has 1 fully saturated rings. The van der Waals surface area contributed by atoms with Gasteiger partial charge in [-0.3, -0.25) is 4.79 Å². The molecule has 2 heterocycles. The van der Waals surface area contributed by atoms with Crippen molar-refractivity contribution in [3.05, 3.63) is 22.4 Å². The first-order chi connectivity index (χ1) is 6.21. The van der Waals surface area contributed by atoms with Crippen molar-refractivity contribution in [3.8, 4) is 0 Å². The van der Waals surface area contributed by atoms with Crippen LogP contribution in [0.25, 0.3) is 0 Å². The molecule has 13 heavy (non-hydrogen) atoms. The Labute approximate surface area is 80.7 Å². The maximum Gasteiger partial charge on any atom is 0.246 e. The van der Waals surface area contributed by atoms with Crippen LogP contribution < -0.4 is 5.32 Å². The minimum Gasteiger partial charge on any atom is -0.358 e. The van der Waals surface area contributed by atoms with E-state index < -0.39 is 0 Å². The Balaban J connectivity index is 2.18. The maximum atomic E-state index is 10.9. The summed E-state index contributed by atoms with van der Waals surface area (Å²) in [6, 6.07) is 4.02. The van der Waals surface area contributed by atoms with Gasteiger partial charge in [-0.1, -0.05) is 6.07 Å². The summed E-state index contributed by atoms with van der Waals surface area (Å²) >= 11 is 1.65. The molecule has 1 N–H and O–H groups in total. The Morgan fingerprint density at radius 2 is 2.54 bits per heavy atom. The lowest BCUT2D eigenvalue weighted by molar-refractivity contribution is -0.142. The quantitative estimate of drug-likeness (QED) is 0.732. The fourth-order valence-corrected chi connectivity index (χ4v) is 2.17. The van der Waals surface area contributed by atoms with E-state index in [1.807, 2.05) is 24.4 Å². The van der Waals surface area contributed by atoms with Gasteiger partial charge in [0, 0.05) is 4.88 Å².